The lowest BCUT2D eigenvalue weighted by atomic mass is 10.1. The van der Waals surface area contributed by atoms with Crippen molar-refractivity contribution in [1.82, 2.24) is 0 Å². The Morgan fingerprint density at radius 1 is 1.67 bits per heavy atom. The van der Waals surface area contributed by atoms with Crippen molar-refractivity contribution >= 4 is 28.6 Å². The first-order valence-corrected chi connectivity index (χ1v) is 5.23. The van der Waals surface area contributed by atoms with Gasteiger partial charge >= 0.3 is 5.97 Å². The Bertz CT molecular complexity index is 414. The molecule has 0 saturated heterocycles. The molecule has 0 aliphatic heterocycles. The molecular formula is C9H8IN3O2. The predicted octanol–water partition coefficient (Wildman–Crippen LogP) is 2.60. The Labute approximate surface area is 99.9 Å². The van der Waals surface area contributed by atoms with Crippen LogP contribution in [0.3, 0.4) is 0 Å². The zero-order valence-corrected chi connectivity index (χ0v) is 9.83. The van der Waals surface area contributed by atoms with Crippen LogP contribution < -0.4 is 0 Å². The molecule has 0 spiro atoms. The van der Waals surface area contributed by atoms with E-state index in [1.54, 1.807) is 0 Å². The van der Waals surface area contributed by atoms with Crippen molar-refractivity contribution < 1.29 is 9.90 Å². The van der Waals surface area contributed by atoms with Crippen molar-refractivity contribution in [3.8, 4) is 0 Å². The summed E-state index contributed by atoms with van der Waals surface area (Å²) in [6, 6.07) is 6.39. The lowest BCUT2D eigenvalue weighted by Crippen LogP contribution is -2.19. The Morgan fingerprint density at radius 3 is 2.93 bits per heavy atom. The maximum atomic E-state index is 10.7. The third-order valence-electron chi connectivity index (χ3n) is 1.79. The van der Waals surface area contributed by atoms with Gasteiger partial charge in [0.2, 0.25) is 0 Å². The predicted molar refractivity (Wildman–Crippen MR) is 63.4 cm³/mol. The summed E-state index contributed by atoms with van der Waals surface area (Å²) in [5.41, 5.74) is 9.06. The van der Waals surface area contributed by atoms with Gasteiger partial charge in [-0.3, -0.25) is 4.79 Å². The van der Waals surface area contributed by atoms with Crippen LogP contribution in [0.25, 0.3) is 10.4 Å². The average Bonchev–Trinajstić information content (AvgIpc) is 2.17. The van der Waals surface area contributed by atoms with Gasteiger partial charge in [0.1, 0.15) is 6.04 Å². The van der Waals surface area contributed by atoms with Gasteiger partial charge in [-0.1, -0.05) is 17.2 Å². The molecule has 0 aliphatic rings. The fourth-order valence-corrected chi connectivity index (χ4v) is 1.73. The fourth-order valence-electron chi connectivity index (χ4n) is 1.13. The summed E-state index contributed by atoms with van der Waals surface area (Å²) >= 11 is 2.14. The monoisotopic (exact) mass is 317 g/mol. The normalized spacial score (nSPS) is 11.5. The van der Waals surface area contributed by atoms with E-state index in [1.807, 2.05) is 24.3 Å². The summed E-state index contributed by atoms with van der Waals surface area (Å²) in [7, 11) is 0. The van der Waals surface area contributed by atoms with Crippen molar-refractivity contribution in [2.75, 3.05) is 0 Å². The minimum Gasteiger partial charge on any atom is -0.481 e. The van der Waals surface area contributed by atoms with Gasteiger partial charge in [-0.15, -0.1) is 0 Å². The summed E-state index contributed by atoms with van der Waals surface area (Å²) in [6.45, 7) is 0. The molecule has 5 nitrogen and oxygen atoms in total. The minimum absolute atomic E-state index is 0.218. The molecule has 1 aromatic carbocycles. The van der Waals surface area contributed by atoms with Crippen LogP contribution in [-0.2, 0) is 11.2 Å². The first-order chi connectivity index (χ1) is 7.13. The molecule has 0 unspecified atom stereocenters. The maximum Gasteiger partial charge on any atom is 0.312 e. The summed E-state index contributed by atoms with van der Waals surface area (Å²) < 4.78 is 1.02. The zero-order valence-electron chi connectivity index (χ0n) is 7.67. The maximum absolute atomic E-state index is 10.7. The van der Waals surface area contributed by atoms with Gasteiger partial charge < -0.3 is 5.11 Å². The van der Waals surface area contributed by atoms with Gasteiger partial charge in [-0.25, -0.2) is 0 Å². The Morgan fingerprint density at radius 2 is 2.40 bits per heavy atom. The third-order valence-corrected chi connectivity index (χ3v) is 2.47. The number of carboxylic acids is 1. The number of hydrogen-bond acceptors (Lipinski definition) is 2. The number of rotatable bonds is 4. The van der Waals surface area contributed by atoms with Crippen LogP contribution in [0.15, 0.2) is 29.4 Å². The van der Waals surface area contributed by atoms with E-state index < -0.39 is 12.0 Å². The lowest BCUT2D eigenvalue weighted by Gasteiger charge is -2.05. The van der Waals surface area contributed by atoms with Crippen molar-refractivity contribution in [3.05, 3.63) is 43.8 Å². The average molecular weight is 317 g/mol. The third kappa shape index (κ3) is 3.77. The standard InChI is InChI=1S/C9H8IN3O2/c10-7-3-1-2-6(4-7)5-8(9(14)15)12-13-11/h1-4,8H,5H2,(H,14,15)/t8-/m0/s1. The number of hydrogen-bond donors (Lipinski definition) is 1. The smallest absolute Gasteiger partial charge is 0.312 e. The molecule has 0 heterocycles. The highest BCUT2D eigenvalue weighted by Gasteiger charge is 2.15. The van der Waals surface area contributed by atoms with Crippen LogP contribution in [0.1, 0.15) is 5.56 Å². The second-order valence-electron chi connectivity index (χ2n) is 2.89. The van der Waals surface area contributed by atoms with Crippen LogP contribution in [0.5, 0.6) is 0 Å². The molecule has 1 aromatic rings. The van der Waals surface area contributed by atoms with E-state index in [0.29, 0.717) is 0 Å². The van der Waals surface area contributed by atoms with Gasteiger partial charge in [0.05, 0.1) is 0 Å². The molecule has 0 aliphatic carbocycles. The molecule has 1 atom stereocenters. The quantitative estimate of drug-likeness (QED) is 0.400. The van der Waals surface area contributed by atoms with Crippen molar-refractivity contribution in [2.45, 2.75) is 12.5 Å². The fraction of sp³-hybridized carbons (Fsp3) is 0.222. The second-order valence-corrected chi connectivity index (χ2v) is 4.14. The van der Waals surface area contributed by atoms with E-state index >= 15 is 0 Å². The largest absolute Gasteiger partial charge is 0.481 e. The summed E-state index contributed by atoms with van der Waals surface area (Å²) in [5, 5.41) is 12.0. The summed E-state index contributed by atoms with van der Waals surface area (Å²) in [6.07, 6.45) is 0.218. The minimum atomic E-state index is -1.10. The van der Waals surface area contributed by atoms with E-state index in [1.165, 1.54) is 0 Å². The van der Waals surface area contributed by atoms with Gasteiger partial charge in [-0.05, 0) is 52.2 Å². The molecule has 0 amide bonds. The zero-order chi connectivity index (χ0) is 11.3. The SMILES string of the molecule is [N-]=[N+]=N[C@@H](Cc1cccc(I)c1)C(=O)O. The highest BCUT2D eigenvalue weighted by atomic mass is 127. The number of carboxylic acid groups (broad SMARTS) is 1. The summed E-state index contributed by atoms with van der Waals surface area (Å²) in [5.74, 6) is -1.10. The van der Waals surface area contributed by atoms with E-state index in [2.05, 4.69) is 32.6 Å². The number of benzene rings is 1. The molecule has 15 heavy (non-hydrogen) atoms. The van der Waals surface area contributed by atoms with E-state index in [4.69, 9.17) is 10.6 Å². The van der Waals surface area contributed by atoms with E-state index in [0.717, 1.165) is 9.13 Å². The Balaban J connectivity index is 2.83. The topological polar surface area (TPSA) is 86.1 Å². The molecule has 0 fully saturated rings. The van der Waals surface area contributed by atoms with Crippen LogP contribution in [-0.4, -0.2) is 17.1 Å². The van der Waals surface area contributed by atoms with Gasteiger partial charge in [-0.2, -0.15) is 0 Å². The molecule has 1 rings (SSSR count). The van der Waals surface area contributed by atoms with Crippen LogP contribution in [0.4, 0.5) is 0 Å². The Kier molecular flexibility index (Phi) is 4.38. The van der Waals surface area contributed by atoms with Gasteiger partial charge in [0, 0.05) is 8.48 Å². The Hall–Kier alpha value is -1.27. The molecule has 78 valence electrons. The highest BCUT2D eigenvalue weighted by molar-refractivity contribution is 14.1. The molecule has 6 heteroatoms. The number of aliphatic carboxylic acids is 1. The van der Waals surface area contributed by atoms with Crippen molar-refractivity contribution in [2.24, 2.45) is 5.11 Å². The van der Waals surface area contributed by atoms with Crippen molar-refractivity contribution in [3.63, 3.8) is 0 Å². The summed E-state index contributed by atoms with van der Waals surface area (Å²) in [4.78, 5) is 13.2. The molecule has 0 saturated carbocycles. The van der Waals surface area contributed by atoms with Crippen molar-refractivity contribution in [1.29, 1.82) is 0 Å². The van der Waals surface area contributed by atoms with Crippen LogP contribution >= 0.6 is 22.6 Å². The molecule has 0 bridgehead atoms. The highest BCUT2D eigenvalue weighted by Crippen LogP contribution is 2.11. The van der Waals surface area contributed by atoms with Gasteiger partial charge in [0.25, 0.3) is 0 Å². The van der Waals surface area contributed by atoms with Crippen LogP contribution in [0.2, 0.25) is 0 Å². The van der Waals surface area contributed by atoms with E-state index in [-0.39, 0.29) is 6.42 Å². The van der Waals surface area contributed by atoms with E-state index in [9.17, 15) is 4.79 Å². The molecular weight excluding hydrogens is 309 g/mol. The number of carbonyl (C=O) groups is 1. The second kappa shape index (κ2) is 5.57. The number of azide groups is 1. The lowest BCUT2D eigenvalue weighted by molar-refractivity contribution is -0.138. The first kappa shape index (κ1) is 11.8. The number of halogens is 1. The number of nitrogens with zero attached hydrogens (tertiary/aromatic N) is 3. The first-order valence-electron chi connectivity index (χ1n) is 4.15. The molecule has 0 aromatic heterocycles. The van der Waals surface area contributed by atoms with Gasteiger partial charge in [0.15, 0.2) is 0 Å². The molecule has 1 N–H and O–H groups in total. The molecule has 0 radical (unpaired) electrons. The van der Waals surface area contributed by atoms with Crippen LogP contribution in [0, 0.1) is 3.57 Å².